The normalized spacial score (nSPS) is 16.4. The predicted molar refractivity (Wildman–Crippen MR) is 82.8 cm³/mol. The summed E-state index contributed by atoms with van der Waals surface area (Å²) < 4.78 is 5.96. The number of para-hydroxylation sites is 1. The number of anilines is 1. The molecule has 1 aromatic heterocycles. The maximum atomic E-state index is 5.96. The van der Waals surface area contributed by atoms with E-state index in [9.17, 15) is 0 Å². The summed E-state index contributed by atoms with van der Waals surface area (Å²) in [7, 11) is 0. The molecule has 1 aliphatic carbocycles. The number of ether oxygens (including phenoxy) is 1. The van der Waals surface area contributed by atoms with E-state index in [0.717, 1.165) is 35.6 Å². The number of pyridine rings is 1. The standard InChI is InChI=1S/C17H22N2O/c18-16-10-9-14-7-4-8-15(17(14)19-16)20-12-11-13-5-2-1-3-6-13/h4,7-10,13H,1-3,5-6,11-12H2,(H2,18,19). The third-order valence-corrected chi connectivity index (χ3v) is 4.21. The lowest BCUT2D eigenvalue weighted by atomic mass is 9.87. The second-order valence-corrected chi connectivity index (χ2v) is 5.71. The number of rotatable bonds is 4. The summed E-state index contributed by atoms with van der Waals surface area (Å²) in [6.45, 7) is 0.778. The first-order chi connectivity index (χ1) is 9.83. The van der Waals surface area contributed by atoms with E-state index in [1.165, 1.54) is 32.1 Å². The van der Waals surface area contributed by atoms with Crippen molar-refractivity contribution in [3.8, 4) is 5.75 Å². The van der Waals surface area contributed by atoms with E-state index in [1.54, 1.807) is 0 Å². The highest BCUT2D eigenvalue weighted by Crippen LogP contribution is 2.28. The van der Waals surface area contributed by atoms with Crippen LogP contribution in [0, 0.1) is 5.92 Å². The molecule has 0 aliphatic heterocycles. The van der Waals surface area contributed by atoms with Gasteiger partial charge in [0.2, 0.25) is 0 Å². The molecule has 1 saturated carbocycles. The average Bonchev–Trinajstić information content (AvgIpc) is 2.49. The molecule has 2 N–H and O–H groups in total. The Kier molecular flexibility index (Phi) is 4.05. The molecule has 106 valence electrons. The van der Waals surface area contributed by atoms with Gasteiger partial charge in [-0.25, -0.2) is 4.98 Å². The fourth-order valence-corrected chi connectivity index (χ4v) is 3.06. The van der Waals surface area contributed by atoms with Gasteiger partial charge in [0.25, 0.3) is 0 Å². The minimum Gasteiger partial charge on any atom is -0.491 e. The fraction of sp³-hybridized carbons (Fsp3) is 0.471. The second kappa shape index (κ2) is 6.12. The average molecular weight is 270 g/mol. The van der Waals surface area contributed by atoms with Gasteiger partial charge in [0, 0.05) is 5.39 Å². The van der Waals surface area contributed by atoms with E-state index < -0.39 is 0 Å². The molecule has 0 saturated heterocycles. The van der Waals surface area contributed by atoms with Crippen molar-refractivity contribution in [2.24, 2.45) is 5.92 Å². The Morgan fingerprint density at radius 3 is 2.80 bits per heavy atom. The molecule has 20 heavy (non-hydrogen) atoms. The molecule has 0 amide bonds. The molecule has 2 aromatic rings. The van der Waals surface area contributed by atoms with Crippen LogP contribution in [0.5, 0.6) is 5.75 Å². The molecule has 3 rings (SSSR count). The number of nitrogens with zero attached hydrogens (tertiary/aromatic N) is 1. The summed E-state index contributed by atoms with van der Waals surface area (Å²) >= 11 is 0. The van der Waals surface area contributed by atoms with Crippen LogP contribution in [-0.2, 0) is 0 Å². The van der Waals surface area contributed by atoms with Crippen LogP contribution in [0.15, 0.2) is 30.3 Å². The Balaban J connectivity index is 1.66. The zero-order chi connectivity index (χ0) is 13.8. The number of fused-ring (bicyclic) bond motifs is 1. The monoisotopic (exact) mass is 270 g/mol. The molecule has 0 radical (unpaired) electrons. The van der Waals surface area contributed by atoms with E-state index in [0.29, 0.717) is 5.82 Å². The van der Waals surface area contributed by atoms with Gasteiger partial charge in [-0.15, -0.1) is 0 Å². The number of aromatic nitrogens is 1. The molecule has 3 nitrogen and oxygen atoms in total. The zero-order valence-electron chi connectivity index (χ0n) is 11.8. The Labute approximate surface area is 120 Å². The van der Waals surface area contributed by atoms with Crippen LogP contribution in [-0.4, -0.2) is 11.6 Å². The van der Waals surface area contributed by atoms with Crippen molar-refractivity contribution in [2.75, 3.05) is 12.3 Å². The summed E-state index contributed by atoms with van der Waals surface area (Å²) in [5.74, 6) is 2.24. The van der Waals surface area contributed by atoms with Crippen LogP contribution < -0.4 is 10.5 Å². The van der Waals surface area contributed by atoms with Gasteiger partial charge in [-0.1, -0.05) is 44.2 Å². The van der Waals surface area contributed by atoms with Gasteiger partial charge in [-0.2, -0.15) is 0 Å². The van der Waals surface area contributed by atoms with Crippen LogP contribution in [0.3, 0.4) is 0 Å². The summed E-state index contributed by atoms with van der Waals surface area (Å²) in [5.41, 5.74) is 6.64. The predicted octanol–water partition coefficient (Wildman–Crippen LogP) is 4.17. The highest BCUT2D eigenvalue weighted by atomic mass is 16.5. The largest absolute Gasteiger partial charge is 0.491 e. The molecule has 3 heteroatoms. The Bertz CT molecular complexity index is 576. The summed E-state index contributed by atoms with van der Waals surface area (Å²) in [4.78, 5) is 4.39. The Hall–Kier alpha value is -1.77. The van der Waals surface area contributed by atoms with E-state index in [4.69, 9.17) is 10.5 Å². The number of nitrogen functional groups attached to an aromatic ring is 1. The molecule has 0 bridgehead atoms. The smallest absolute Gasteiger partial charge is 0.145 e. The molecular weight excluding hydrogens is 248 g/mol. The first-order valence-corrected chi connectivity index (χ1v) is 7.61. The van der Waals surface area contributed by atoms with Gasteiger partial charge in [-0.05, 0) is 30.5 Å². The van der Waals surface area contributed by atoms with Crippen LogP contribution >= 0.6 is 0 Å². The third-order valence-electron chi connectivity index (χ3n) is 4.21. The van der Waals surface area contributed by atoms with Gasteiger partial charge < -0.3 is 10.5 Å². The Morgan fingerprint density at radius 1 is 1.10 bits per heavy atom. The highest BCUT2D eigenvalue weighted by molar-refractivity contribution is 5.85. The lowest BCUT2D eigenvalue weighted by molar-refractivity contribution is 0.248. The first-order valence-electron chi connectivity index (χ1n) is 7.61. The van der Waals surface area contributed by atoms with Crippen molar-refractivity contribution in [3.05, 3.63) is 30.3 Å². The molecule has 1 aliphatic rings. The maximum Gasteiger partial charge on any atom is 0.145 e. The number of hydrogen-bond donors (Lipinski definition) is 1. The molecule has 0 unspecified atom stereocenters. The SMILES string of the molecule is Nc1ccc2cccc(OCCC3CCCCC3)c2n1. The topological polar surface area (TPSA) is 48.1 Å². The maximum absolute atomic E-state index is 5.96. The van der Waals surface area contributed by atoms with Gasteiger partial charge in [-0.3, -0.25) is 0 Å². The highest BCUT2D eigenvalue weighted by Gasteiger charge is 2.13. The summed E-state index contributed by atoms with van der Waals surface area (Å²) in [5, 5.41) is 1.08. The van der Waals surface area contributed by atoms with Gasteiger partial charge >= 0.3 is 0 Å². The van der Waals surface area contributed by atoms with Crippen molar-refractivity contribution in [1.82, 2.24) is 4.98 Å². The van der Waals surface area contributed by atoms with Crippen molar-refractivity contribution in [1.29, 1.82) is 0 Å². The molecule has 0 atom stereocenters. The van der Waals surface area contributed by atoms with Crippen LogP contribution in [0.25, 0.3) is 10.9 Å². The van der Waals surface area contributed by atoms with Crippen LogP contribution in [0.1, 0.15) is 38.5 Å². The van der Waals surface area contributed by atoms with Crippen molar-refractivity contribution < 1.29 is 4.74 Å². The van der Waals surface area contributed by atoms with Crippen LogP contribution in [0.2, 0.25) is 0 Å². The van der Waals surface area contributed by atoms with Crippen molar-refractivity contribution in [3.63, 3.8) is 0 Å². The van der Waals surface area contributed by atoms with E-state index >= 15 is 0 Å². The quantitative estimate of drug-likeness (QED) is 0.907. The molecule has 1 aromatic carbocycles. The third kappa shape index (κ3) is 3.03. The lowest BCUT2D eigenvalue weighted by Crippen LogP contribution is -2.11. The Morgan fingerprint density at radius 2 is 1.95 bits per heavy atom. The lowest BCUT2D eigenvalue weighted by Gasteiger charge is -2.21. The number of nitrogens with two attached hydrogens (primary N) is 1. The number of hydrogen-bond acceptors (Lipinski definition) is 3. The molecule has 1 heterocycles. The number of benzene rings is 1. The minimum atomic E-state index is 0.542. The summed E-state index contributed by atoms with van der Waals surface area (Å²) in [6.07, 6.45) is 8.06. The fourth-order valence-electron chi connectivity index (χ4n) is 3.06. The van der Waals surface area contributed by atoms with Gasteiger partial charge in [0.15, 0.2) is 0 Å². The van der Waals surface area contributed by atoms with Crippen molar-refractivity contribution in [2.45, 2.75) is 38.5 Å². The molecule has 1 fully saturated rings. The van der Waals surface area contributed by atoms with E-state index in [-0.39, 0.29) is 0 Å². The first kappa shape index (κ1) is 13.2. The van der Waals surface area contributed by atoms with Crippen LogP contribution in [0.4, 0.5) is 5.82 Å². The zero-order valence-corrected chi connectivity index (χ0v) is 11.8. The van der Waals surface area contributed by atoms with Gasteiger partial charge in [0.1, 0.15) is 17.1 Å². The van der Waals surface area contributed by atoms with Crippen molar-refractivity contribution >= 4 is 16.7 Å². The molecule has 0 spiro atoms. The second-order valence-electron chi connectivity index (χ2n) is 5.71. The van der Waals surface area contributed by atoms with E-state index in [1.807, 2.05) is 30.3 Å². The summed E-state index contributed by atoms with van der Waals surface area (Å²) in [6, 6.07) is 9.85. The molecular formula is C17H22N2O. The minimum absolute atomic E-state index is 0.542. The van der Waals surface area contributed by atoms with E-state index in [2.05, 4.69) is 4.98 Å². The van der Waals surface area contributed by atoms with Gasteiger partial charge in [0.05, 0.1) is 6.61 Å².